The number of rotatable bonds is 6. The fraction of sp³-hybridized carbons (Fsp3) is 0.391. The van der Waals surface area contributed by atoms with Crippen molar-refractivity contribution in [1.29, 1.82) is 0 Å². The zero-order valence-electron chi connectivity index (χ0n) is 16.1. The lowest BCUT2D eigenvalue weighted by molar-refractivity contribution is -0.118. The molecule has 0 atom stereocenters. The fourth-order valence-electron chi connectivity index (χ4n) is 3.97. The molecule has 2 aliphatic heterocycles. The van der Waals surface area contributed by atoms with Crippen LogP contribution < -0.4 is 9.80 Å². The summed E-state index contributed by atoms with van der Waals surface area (Å²) in [4.78, 5) is 29.1. The second-order valence-corrected chi connectivity index (χ2v) is 7.35. The van der Waals surface area contributed by atoms with Crippen molar-refractivity contribution < 1.29 is 14.3 Å². The number of nitrogens with zero attached hydrogens (tertiary/aromatic N) is 2. The third-order valence-corrected chi connectivity index (χ3v) is 5.53. The van der Waals surface area contributed by atoms with E-state index >= 15 is 0 Å². The molecular formula is C23H26N2O3. The van der Waals surface area contributed by atoms with E-state index < -0.39 is 0 Å². The third-order valence-electron chi connectivity index (χ3n) is 5.53. The van der Waals surface area contributed by atoms with Crippen LogP contribution in [0, 0.1) is 0 Å². The number of Topliss-reactive ketones (excluding diaryl/α,β-unsaturated/α-hetero) is 1. The summed E-state index contributed by atoms with van der Waals surface area (Å²) in [6.07, 6.45) is 2.29. The van der Waals surface area contributed by atoms with Crippen LogP contribution in [0.3, 0.4) is 0 Å². The number of hydrogen-bond donors (Lipinski definition) is 0. The molecule has 2 aliphatic rings. The van der Waals surface area contributed by atoms with Crippen molar-refractivity contribution in [1.82, 2.24) is 0 Å². The van der Waals surface area contributed by atoms with Gasteiger partial charge in [0.05, 0.1) is 13.2 Å². The van der Waals surface area contributed by atoms with Crippen molar-refractivity contribution in [3.05, 3.63) is 59.7 Å². The molecule has 4 rings (SSSR count). The van der Waals surface area contributed by atoms with Crippen LogP contribution >= 0.6 is 0 Å². The van der Waals surface area contributed by atoms with Crippen LogP contribution in [0.5, 0.6) is 0 Å². The molecule has 2 aromatic rings. The van der Waals surface area contributed by atoms with E-state index in [2.05, 4.69) is 23.1 Å². The Morgan fingerprint density at radius 3 is 2.50 bits per heavy atom. The highest BCUT2D eigenvalue weighted by molar-refractivity contribution is 5.98. The highest BCUT2D eigenvalue weighted by Gasteiger charge is 2.25. The highest BCUT2D eigenvalue weighted by Crippen LogP contribution is 2.32. The first-order valence-corrected chi connectivity index (χ1v) is 10.1. The van der Waals surface area contributed by atoms with Crippen LogP contribution in [0.15, 0.2) is 48.5 Å². The SMILES string of the molecule is O=C(CCCC(=O)N1CCc2cc(N3CCOCC3)ccc21)c1ccccc1. The van der Waals surface area contributed by atoms with Crippen LogP contribution in [0.25, 0.3) is 0 Å². The highest BCUT2D eigenvalue weighted by atomic mass is 16.5. The van der Waals surface area contributed by atoms with Gasteiger partial charge in [-0.05, 0) is 36.6 Å². The predicted octanol–water partition coefficient (Wildman–Crippen LogP) is 3.47. The van der Waals surface area contributed by atoms with Crippen LogP contribution in [0.2, 0.25) is 0 Å². The minimum absolute atomic E-state index is 0.102. The van der Waals surface area contributed by atoms with Gasteiger partial charge in [-0.2, -0.15) is 0 Å². The molecule has 2 aromatic carbocycles. The first kappa shape index (κ1) is 18.7. The predicted molar refractivity (Wildman–Crippen MR) is 110 cm³/mol. The topological polar surface area (TPSA) is 49.9 Å². The van der Waals surface area contributed by atoms with Crippen LogP contribution in [-0.4, -0.2) is 44.5 Å². The van der Waals surface area contributed by atoms with E-state index in [1.807, 2.05) is 35.2 Å². The molecule has 28 heavy (non-hydrogen) atoms. The summed E-state index contributed by atoms with van der Waals surface area (Å²) in [6.45, 7) is 4.09. The Morgan fingerprint density at radius 2 is 1.71 bits per heavy atom. The quantitative estimate of drug-likeness (QED) is 0.723. The van der Waals surface area contributed by atoms with Crippen molar-refractivity contribution in [2.45, 2.75) is 25.7 Å². The van der Waals surface area contributed by atoms with E-state index in [1.54, 1.807) is 0 Å². The number of fused-ring (bicyclic) bond motifs is 1. The number of hydrogen-bond acceptors (Lipinski definition) is 4. The fourth-order valence-corrected chi connectivity index (χ4v) is 3.97. The van der Waals surface area contributed by atoms with Crippen molar-refractivity contribution >= 4 is 23.1 Å². The van der Waals surface area contributed by atoms with E-state index in [1.165, 1.54) is 11.3 Å². The Morgan fingerprint density at radius 1 is 0.929 bits per heavy atom. The normalized spacial score (nSPS) is 16.1. The maximum absolute atomic E-state index is 12.7. The number of carbonyl (C=O) groups is 2. The van der Waals surface area contributed by atoms with Gasteiger partial charge in [0, 0.05) is 49.4 Å². The Kier molecular flexibility index (Phi) is 5.72. The zero-order chi connectivity index (χ0) is 19.3. The molecule has 0 N–H and O–H groups in total. The molecule has 1 fully saturated rings. The van der Waals surface area contributed by atoms with Crippen molar-refractivity contribution in [2.24, 2.45) is 0 Å². The summed E-state index contributed by atoms with van der Waals surface area (Å²) >= 11 is 0. The van der Waals surface area contributed by atoms with Gasteiger partial charge in [-0.25, -0.2) is 0 Å². The molecule has 0 spiro atoms. The molecule has 0 aliphatic carbocycles. The number of carbonyl (C=O) groups excluding carboxylic acids is 2. The monoisotopic (exact) mass is 378 g/mol. The van der Waals surface area contributed by atoms with Crippen LogP contribution in [0.1, 0.15) is 35.2 Å². The number of ketones is 1. The van der Waals surface area contributed by atoms with Gasteiger partial charge in [-0.15, -0.1) is 0 Å². The molecule has 0 saturated carbocycles. The molecular weight excluding hydrogens is 352 g/mol. The number of morpholine rings is 1. The van der Waals surface area contributed by atoms with Gasteiger partial charge < -0.3 is 14.5 Å². The third kappa shape index (κ3) is 4.09. The lowest BCUT2D eigenvalue weighted by Crippen LogP contribution is -2.36. The lowest BCUT2D eigenvalue weighted by atomic mass is 10.1. The standard InChI is InChI=1S/C23H26N2O3/c26-22(18-5-2-1-3-6-18)7-4-8-23(27)25-12-11-19-17-20(9-10-21(19)25)24-13-15-28-16-14-24/h1-3,5-6,9-10,17H,4,7-8,11-16H2. The minimum atomic E-state index is 0.102. The second-order valence-electron chi connectivity index (χ2n) is 7.35. The molecule has 5 nitrogen and oxygen atoms in total. The first-order chi connectivity index (χ1) is 13.7. The van der Waals surface area contributed by atoms with E-state index in [-0.39, 0.29) is 11.7 Å². The van der Waals surface area contributed by atoms with E-state index in [4.69, 9.17) is 4.74 Å². The maximum atomic E-state index is 12.7. The molecule has 0 aromatic heterocycles. The molecule has 0 radical (unpaired) electrons. The van der Waals surface area contributed by atoms with Gasteiger partial charge >= 0.3 is 0 Å². The zero-order valence-corrected chi connectivity index (χ0v) is 16.1. The van der Waals surface area contributed by atoms with E-state index in [0.717, 1.165) is 50.5 Å². The minimum Gasteiger partial charge on any atom is -0.378 e. The molecule has 0 unspecified atom stereocenters. The second kappa shape index (κ2) is 8.57. The molecule has 2 heterocycles. The summed E-state index contributed by atoms with van der Waals surface area (Å²) in [5.74, 6) is 0.212. The average Bonchev–Trinajstić information content (AvgIpc) is 3.18. The summed E-state index contributed by atoms with van der Waals surface area (Å²) in [5, 5.41) is 0. The molecule has 1 amide bonds. The van der Waals surface area contributed by atoms with Crippen molar-refractivity contribution in [2.75, 3.05) is 42.6 Å². The lowest BCUT2D eigenvalue weighted by Gasteiger charge is -2.29. The molecule has 1 saturated heterocycles. The van der Waals surface area contributed by atoms with E-state index in [0.29, 0.717) is 19.3 Å². The number of ether oxygens (including phenoxy) is 1. The van der Waals surface area contributed by atoms with Crippen molar-refractivity contribution in [3.8, 4) is 0 Å². The van der Waals surface area contributed by atoms with Gasteiger partial charge in [0.25, 0.3) is 0 Å². The molecule has 5 heteroatoms. The Bertz CT molecular complexity index is 844. The number of benzene rings is 2. The summed E-state index contributed by atoms with van der Waals surface area (Å²) < 4.78 is 5.43. The van der Waals surface area contributed by atoms with Crippen LogP contribution in [0.4, 0.5) is 11.4 Å². The Labute approximate surface area is 165 Å². The van der Waals surface area contributed by atoms with Gasteiger partial charge in [-0.1, -0.05) is 30.3 Å². The van der Waals surface area contributed by atoms with E-state index in [9.17, 15) is 9.59 Å². The van der Waals surface area contributed by atoms with Gasteiger partial charge in [-0.3, -0.25) is 9.59 Å². The van der Waals surface area contributed by atoms with Crippen LogP contribution in [-0.2, 0) is 16.0 Å². The molecule has 146 valence electrons. The average molecular weight is 378 g/mol. The van der Waals surface area contributed by atoms with Gasteiger partial charge in [0.15, 0.2) is 5.78 Å². The maximum Gasteiger partial charge on any atom is 0.227 e. The largest absolute Gasteiger partial charge is 0.378 e. The number of amides is 1. The molecule has 0 bridgehead atoms. The summed E-state index contributed by atoms with van der Waals surface area (Å²) in [7, 11) is 0. The summed E-state index contributed by atoms with van der Waals surface area (Å²) in [6, 6.07) is 15.7. The Balaban J connectivity index is 1.33. The Hall–Kier alpha value is -2.66. The number of anilines is 2. The van der Waals surface area contributed by atoms with Gasteiger partial charge in [0.1, 0.15) is 0 Å². The summed E-state index contributed by atoms with van der Waals surface area (Å²) in [5.41, 5.74) is 4.19. The van der Waals surface area contributed by atoms with Crippen molar-refractivity contribution in [3.63, 3.8) is 0 Å². The smallest absolute Gasteiger partial charge is 0.227 e. The first-order valence-electron chi connectivity index (χ1n) is 10.1. The van der Waals surface area contributed by atoms with Gasteiger partial charge in [0.2, 0.25) is 5.91 Å².